The van der Waals surface area contributed by atoms with Crippen molar-refractivity contribution in [2.45, 2.75) is 25.9 Å². The SMILES string of the molecule is Cc1nc2cc(OC[C@H](O)CN3CCN(Cc4noc(-c5ccc(OC(F)(F)F)cc5)n4)CC3)ccc2s1. The molecule has 1 fully saturated rings. The highest BCUT2D eigenvalue weighted by atomic mass is 32.1. The zero-order valence-corrected chi connectivity index (χ0v) is 21.3. The number of aryl methyl sites for hydroxylation is 1. The van der Waals surface area contributed by atoms with Gasteiger partial charge in [-0.15, -0.1) is 24.5 Å². The summed E-state index contributed by atoms with van der Waals surface area (Å²) in [4.78, 5) is 13.2. The third-order valence-electron chi connectivity index (χ3n) is 6.01. The molecule has 2 aromatic carbocycles. The van der Waals surface area contributed by atoms with Crippen molar-refractivity contribution in [1.82, 2.24) is 24.9 Å². The molecule has 9 nitrogen and oxygen atoms in total. The highest BCUT2D eigenvalue weighted by Crippen LogP contribution is 2.27. The van der Waals surface area contributed by atoms with Crippen molar-refractivity contribution in [3.05, 3.63) is 53.3 Å². The van der Waals surface area contributed by atoms with Crippen LogP contribution in [0, 0.1) is 6.92 Å². The number of aliphatic hydroxyl groups is 1. The number of nitrogens with zero attached hydrogens (tertiary/aromatic N) is 5. The van der Waals surface area contributed by atoms with Crippen LogP contribution < -0.4 is 9.47 Å². The maximum absolute atomic E-state index is 12.3. The molecule has 202 valence electrons. The number of alkyl halides is 3. The average Bonchev–Trinajstić information content (AvgIpc) is 3.48. The maximum atomic E-state index is 12.3. The van der Waals surface area contributed by atoms with E-state index < -0.39 is 12.5 Å². The minimum atomic E-state index is -4.74. The van der Waals surface area contributed by atoms with Crippen LogP contribution in [0.15, 0.2) is 47.0 Å². The third-order valence-corrected chi connectivity index (χ3v) is 6.96. The van der Waals surface area contributed by atoms with Crippen LogP contribution in [0.3, 0.4) is 0 Å². The zero-order chi connectivity index (χ0) is 26.7. The number of hydrogen-bond acceptors (Lipinski definition) is 10. The summed E-state index contributed by atoms with van der Waals surface area (Å²) < 4.78 is 53.0. The summed E-state index contributed by atoms with van der Waals surface area (Å²) in [6.07, 6.45) is -5.37. The lowest BCUT2D eigenvalue weighted by molar-refractivity contribution is -0.274. The van der Waals surface area contributed by atoms with E-state index in [2.05, 4.69) is 29.7 Å². The molecule has 13 heteroatoms. The molecule has 5 rings (SSSR count). The fraction of sp³-hybridized carbons (Fsp3) is 0.400. The van der Waals surface area contributed by atoms with E-state index in [1.165, 1.54) is 24.3 Å². The van der Waals surface area contributed by atoms with Crippen molar-refractivity contribution < 1.29 is 32.3 Å². The Kier molecular flexibility index (Phi) is 7.79. The van der Waals surface area contributed by atoms with Gasteiger partial charge in [0, 0.05) is 44.4 Å². The Balaban J connectivity index is 1.05. The molecule has 1 N–H and O–H groups in total. The smallest absolute Gasteiger partial charge is 0.491 e. The Bertz CT molecular complexity index is 1350. The Labute approximate surface area is 220 Å². The summed E-state index contributed by atoms with van der Waals surface area (Å²) in [7, 11) is 0. The largest absolute Gasteiger partial charge is 0.573 e. The molecular formula is C25H26F3N5O4S. The van der Waals surface area contributed by atoms with Crippen LogP contribution in [-0.4, -0.2) is 81.8 Å². The molecule has 4 aromatic rings. The molecule has 3 heterocycles. The molecule has 0 spiro atoms. The Morgan fingerprint density at radius 2 is 1.74 bits per heavy atom. The quantitative estimate of drug-likeness (QED) is 0.331. The van der Waals surface area contributed by atoms with Crippen LogP contribution in [0.25, 0.3) is 21.7 Å². The minimum absolute atomic E-state index is 0.198. The highest BCUT2D eigenvalue weighted by molar-refractivity contribution is 7.18. The van der Waals surface area contributed by atoms with Gasteiger partial charge < -0.3 is 19.1 Å². The molecule has 0 amide bonds. The molecule has 0 aliphatic carbocycles. The molecule has 1 aliphatic rings. The number of halogens is 3. The summed E-state index contributed by atoms with van der Waals surface area (Å²) in [5, 5.41) is 15.5. The number of aromatic nitrogens is 3. The van der Waals surface area contributed by atoms with Crippen molar-refractivity contribution in [3.8, 4) is 23.0 Å². The highest BCUT2D eigenvalue weighted by Gasteiger charge is 2.31. The number of benzene rings is 2. The molecule has 0 unspecified atom stereocenters. The molecular weight excluding hydrogens is 523 g/mol. The van der Waals surface area contributed by atoms with Gasteiger partial charge in [-0.25, -0.2) is 4.98 Å². The molecule has 1 saturated heterocycles. The van der Waals surface area contributed by atoms with E-state index in [9.17, 15) is 18.3 Å². The number of ether oxygens (including phenoxy) is 2. The number of piperazine rings is 1. The summed E-state index contributed by atoms with van der Waals surface area (Å²) >= 11 is 1.64. The fourth-order valence-corrected chi connectivity index (χ4v) is 5.03. The van der Waals surface area contributed by atoms with Crippen molar-refractivity contribution in [2.75, 3.05) is 39.3 Å². The zero-order valence-electron chi connectivity index (χ0n) is 20.5. The van der Waals surface area contributed by atoms with Gasteiger partial charge in [-0.2, -0.15) is 4.98 Å². The van der Waals surface area contributed by atoms with Gasteiger partial charge in [-0.05, 0) is 43.3 Å². The first-order valence-corrected chi connectivity index (χ1v) is 12.8. The van der Waals surface area contributed by atoms with Gasteiger partial charge in [-0.1, -0.05) is 5.16 Å². The van der Waals surface area contributed by atoms with Crippen molar-refractivity contribution in [2.24, 2.45) is 0 Å². The van der Waals surface area contributed by atoms with E-state index in [-0.39, 0.29) is 18.2 Å². The maximum Gasteiger partial charge on any atom is 0.573 e. The second kappa shape index (κ2) is 11.2. The summed E-state index contributed by atoms with van der Waals surface area (Å²) in [6.45, 7) is 6.23. The van der Waals surface area contributed by atoms with Gasteiger partial charge in [0.15, 0.2) is 5.82 Å². The lowest BCUT2D eigenvalue weighted by atomic mass is 10.2. The minimum Gasteiger partial charge on any atom is -0.491 e. The molecule has 0 radical (unpaired) electrons. The molecule has 1 aliphatic heterocycles. The number of fused-ring (bicyclic) bond motifs is 1. The van der Waals surface area contributed by atoms with Crippen LogP contribution in [0.4, 0.5) is 13.2 Å². The van der Waals surface area contributed by atoms with Crippen LogP contribution in [0.2, 0.25) is 0 Å². The number of rotatable bonds is 9. The van der Waals surface area contributed by atoms with Crippen LogP contribution >= 0.6 is 11.3 Å². The van der Waals surface area contributed by atoms with Crippen molar-refractivity contribution in [1.29, 1.82) is 0 Å². The topological polar surface area (TPSA) is 97.0 Å². The number of thiazole rings is 1. The van der Waals surface area contributed by atoms with Gasteiger partial charge in [0.25, 0.3) is 5.89 Å². The van der Waals surface area contributed by atoms with Crippen LogP contribution in [0.1, 0.15) is 10.8 Å². The summed E-state index contributed by atoms with van der Waals surface area (Å²) in [5.41, 5.74) is 1.40. The Hall–Kier alpha value is -3.26. The van der Waals surface area contributed by atoms with E-state index in [0.717, 1.165) is 41.4 Å². The third kappa shape index (κ3) is 6.98. The second-order valence-corrected chi connectivity index (χ2v) is 10.2. The first-order valence-electron chi connectivity index (χ1n) is 12.0. The van der Waals surface area contributed by atoms with E-state index in [1.807, 2.05) is 25.1 Å². The summed E-state index contributed by atoms with van der Waals surface area (Å²) in [6, 6.07) is 11.0. The van der Waals surface area contributed by atoms with Crippen molar-refractivity contribution in [3.63, 3.8) is 0 Å². The molecule has 1 atom stereocenters. The van der Waals surface area contributed by atoms with E-state index in [1.54, 1.807) is 11.3 Å². The molecule has 38 heavy (non-hydrogen) atoms. The van der Waals surface area contributed by atoms with Gasteiger partial charge in [-0.3, -0.25) is 9.80 Å². The summed E-state index contributed by atoms with van der Waals surface area (Å²) in [5.74, 6) is 1.09. The lowest BCUT2D eigenvalue weighted by Gasteiger charge is -2.34. The van der Waals surface area contributed by atoms with Gasteiger partial charge in [0.1, 0.15) is 24.2 Å². The van der Waals surface area contributed by atoms with Crippen LogP contribution in [-0.2, 0) is 6.54 Å². The average molecular weight is 550 g/mol. The molecule has 0 saturated carbocycles. The standard InChI is InChI=1S/C25H26F3N5O4S/c1-16-29-21-12-20(6-7-22(21)38-16)35-15-18(34)13-32-8-10-33(11-9-32)14-23-30-24(37-31-23)17-2-4-19(5-3-17)36-25(26,27)28/h2-7,12,18,34H,8-11,13-15H2,1H3/t18-/m1/s1. The van der Waals surface area contributed by atoms with E-state index >= 15 is 0 Å². The fourth-order valence-electron chi connectivity index (χ4n) is 4.22. The first-order chi connectivity index (χ1) is 18.2. The van der Waals surface area contributed by atoms with Crippen molar-refractivity contribution >= 4 is 21.6 Å². The Morgan fingerprint density at radius 1 is 1.03 bits per heavy atom. The normalized spacial score (nSPS) is 16.1. The monoisotopic (exact) mass is 549 g/mol. The Morgan fingerprint density at radius 3 is 2.47 bits per heavy atom. The van der Waals surface area contributed by atoms with Crippen LogP contribution in [0.5, 0.6) is 11.5 Å². The predicted octanol–water partition coefficient (Wildman–Crippen LogP) is 4.11. The molecule has 2 aromatic heterocycles. The first kappa shape index (κ1) is 26.4. The van der Waals surface area contributed by atoms with Gasteiger partial charge in [0.05, 0.1) is 21.8 Å². The number of hydrogen-bond donors (Lipinski definition) is 1. The number of β-amino-alcohol motifs (C(OH)–C–C–N with tert-alkyl or cyclic N) is 1. The van der Waals surface area contributed by atoms with Gasteiger partial charge in [0.2, 0.25) is 0 Å². The van der Waals surface area contributed by atoms with E-state index in [0.29, 0.717) is 30.2 Å². The predicted molar refractivity (Wildman–Crippen MR) is 134 cm³/mol. The number of aliphatic hydroxyl groups excluding tert-OH is 1. The van der Waals surface area contributed by atoms with E-state index in [4.69, 9.17) is 9.26 Å². The van der Waals surface area contributed by atoms with Gasteiger partial charge >= 0.3 is 6.36 Å². The lowest BCUT2D eigenvalue weighted by Crippen LogP contribution is -2.48. The second-order valence-electron chi connectivity index (χ2n) is 8.99. The molecule has 0 bridgehead atoms.